The Hall–Kier alpha value is -2.83. The first-order valence-electron chi connectivity index (χ1n) is 7.26. The highest BCUT2D eigenvalue weighted by Crippen LogP contribution is 2.23. The van der Waals surface area contributed by atoms with Crippen molar-refractivity contribution in [1.29, 1.82) is 0 Å². The number of pyridine rings is 1. The van der Waals surface area contributed by atoms with Gasteiger partial charge in [0.05, 0.1) is 12.2 Å². The van der Waals surface area contributed by atoms with E-state index in [1.807, 2.05) is 0 Å². The van der Waals surface area contributed by atoms with Crippen LogP contribution in [-0.4, -0.2) is 16.8 Å². The van der Waals surface area contributed by atoms with Gasteiger partial charge in [0.25, 0.3) is 0 Å². The van der Waals surface area contributed by atoms with Gasteiger partial charge in [-0.2, -0.15) is 0 Å². The second-order valence-electron chi connectivity index (χ2n) is 5.68. The van der Waals surface area contributed by atoms with Crippen LogP contribution in [0.5, 0.6) is 0 Å². The highest BCUT2D eigenvalue weighted by Gasteiger charge is 2.36. The Morgan fingerprint density at radius 2 is 1.71 bits per heavy atom. The Labute approximate surface area is 138 Å². The van der Waals surface area contributed by atoms with Gasteiger partial charge in [-0.1, -0.05) is 12.1 Å². The van der Waals surface area contributed by atoms with Gasteiger partial charge in [0.1, 0.15) is 22.7 Å². The van der Waals surface area contributed by atoms with Crippen LogP contribution >= 0.6 is 0 Å². The van der Waals surface area contributed by atoms with Crippen LogP contribution in [0.4, 0.5) is 14.5 Å². The standard InChI is InChI=1S/C17H17F2N3O2/c1-17(2,15(23)21-10-11-6-3-4-9-20-11)16(24)22-14-12(18)7-5-8-13(14)19/h3-9H,10H2,1-2H3,(H,21,23)(H,22,24). The van der Waals surface area contributed by atoms with Crippen molar-refractivity contribution >= 4 is 17.5 Å². The van der Waals surface area contributed by atoms with Crippen molar-refractivity contribution in [2.75, 3.05) is 5.32 Å². The summed E-state index contributed by atoms with van der Waals surface area (Å²) in [6, 6.07) is 8.46. The normalized spacial score (nSPS) is 11.0. The molecule has 0 spiro atoms. The van der Waals surface area contributed by atoms with E-state index in [0.29, 0.717) is 5.69 Å². The maximum atomic E-state index is 13.6. The number of anilines is 1. The molecule has 2 N–H and O–H groups in total. The van der Waals surface area contributed by atoms with Gasteiger partial charge in [-0.05, 0) is 38.1 Å². The second kappa shape index (κ2) is 7.16. The summed E-state index contributed by atoms with van der Waals surface area (Å²) in [5.41, 5.74) is -1.47. The van der Waals surface area contributed by atoms with Crippen molar-refractivity contribution < 1.29 is 18.4 Å². The molecule has 0 saturated heterocycles. The number of nitrogens with zero attached hydrogens (tertiary/aromatic N) is 1. The van der Waals surface area contributed by atoms with Crippen LogP contribution in [0.2, 0.25) is 0 Å². The number of aromatic nitrogens is 1. The highest BCUT2D eigenvalue weighted by molar-refractivity contribution is 6.09. The molecule has 24 heavy (non-hydrogen) atoms. The van der Waals surface area contributed by atoms with Crippen molar-refractivity contribution in [3.05, 3.63) is 59.9 Å². The molecule has 0 radical (unpaired) electrons. The van der Waals surface area contributed by atoms with E-state index in [-0.39, 0.29) is 6.54 Å². The van der Waals surface area contributed by atoms with Crippen LogP contribution < -0.4 is 10.6 Å². The van der Waals surface area contributed by atoms with E-state index >= 15 is 0 Å². The largest absolute Gasteiger partial charge is 0.350 e. The third-order valence-corrected chi connectivity index (χ3v) is 3.49. The lowest BCUT2D eigenvalue weighted by Gasteiger charge is -2.23. The molecule has 1 aromatic heterocycles. The summed E-state index contributed by atoms with van der Waals surface area (Å²) >= 11 is 0. The maximum absolute atomic E-state index is 13.6. The number of hydrogen-bond donors (Lipinski definition) is 2. The molecule has 7 heteroatoms. The fraction of sp³-hybridized carbons (Fsp3) is 0.235. The zero-order valence-electron chi connectivity index (χ0n) is 13.3. The third kappa shape index (κ3) is 3.92. The third-order valence-electron chi connectivity index (χ3n) is 3.49. The fourth-order valence-corrected chi connectivity index (χ4v) is 1.88. The van der Waals surface area contributed by atoms with E-state index in [9.17, 15) is 18.4 Å². The molecule has 0 aliphatic heterocycles. The minimum Gasteiger partial charge on any atom is -0.350 e. The Morgan fingerprint density at radius 3 is 2.29 bits per heavy atom. The number of halogens is 2. The Morgan fingerprint density at radius 1 is 1.04 bits per heavy atom. The number of hydrogen-bond acceptors (Lipinski definition) is 3. The van der Waals surface area contributed by atoms with Gasteiger partial charge in [-0.25, -0.2) is 8.78 Å². The molecule has 1 aromatic carbocycles. The first-order chi connectivity index (χ1) is 11.3. The van der Waals surface area contributed by atoms with Crippen molar-refractivity contribution in [3.8, 4) is 0 Å². The minimum absolute atomic E-state index is 0.143. The Kier molecular flexibility index (Phi) is 5.23. The first kappa shape index (κ1) is 17.5. The van der Waals surface area contributed by atoms with Crippen molar-refractivity contribution in [2.24, 2.45) is 5.41 Å². The lowest BCUT2D eigenvalue weighted by molar-refractivity contribution is -0.138. The summed E-state index contributed by atoms with van der Waals surface area (Å²) in [7, 11) is 0. The summed E-state index contributed by atoms with van der Waals surface area (Å²) in [4.78, 5) is 28.6. The molecule has 0 aliphatic carbocycles. The molecular weight excluding hydrogens is 316 g/mol. The molecule has 0 bridgehead atoms. The maximum Gasteiger partial charge on any atom is 0.239 e. The van der Waals surface area contributed by atoms with Crippen LogP contribution in [0, 0.1) is 17.0 Å². The van der Waals surface area contributed by atoms with E-state index in [0.717, 1.165) is 12.1 Å². The average Bonchev–Trinajstić information content (AvgIpc) is 2.56. The molecule has 0 aliphatic rings. The van der Waals surface area contributed by atoms with Crippen LogP contribution in [0.25, 0.3) is 0 Å². The zero-order chi connectivity index (χ0) is 17.7. The summed E-state index contributed by atoms with van der Waals surface area (Å²) < 4.78 is 27.2. The number of para-hydroxylation sites is 1. The van der Waals surface area contributed by atoms with Gasteiger partial charge in [-0.15, -0.1) is 0 Å². The molecule has 0 saturated carbocycles. The van der Waals surface area contributed by atoms with Gasteiger partial charge < -0.3 is 10.6 Å². The predicted molar refractivity (Wildman–Crippen MR) is 84.9 cm³/mol. The van der Waals surface area contributed by atoms with E-state index in [1.54, 1.807) is 24.4 Å². The molecule has 126 valence electrons. The van der Waals surface area contributed by atoms with E-state index in [2.05, 4.69) is 15.6 Å². The molecule has 2 aromatic rings. The molecule has 0 atom stereocenters. The van der Waals surface area contributed by atoms with E-state index < -0.39 is 34.6 Å². The average molecular weight is 333 g/mol. The Balaban J connectivity index is 2.05. The van der Waals surface area contributed by atoms with E-state index in [1.165, 1.54) is 19.9 Å². The van der Waals surface area contributed by atoms with Crippen molar-refractivity contribution in [1.82, 2.24) is 10.3 Å². The fourth-order valence-electron chi connectivity index (χ4n) is 1.88. The molecular formula is C17H17F2N3O2. The molecule has 0 fully saturated rings. The summed E-state index contributed by atoms with van der Waals surface area (Å²) in [5.74, 6) is -3.21. The van der Waals surface area contributed by atoms with Gasteiger partial charge in [0.2, 0.25) is 11.8 Å². The van der Waals surface area contributed by atoms with Crippen molar-refractivity contribution in [2.45, 2.75) is 20.4 Å². The Bertz CT molecular complexity index is 729. The number of nitrogens with one attached hydrogen (secondary N) is 2. The van der Waals surface area contributed by atoms with Gasteiger partial charge in [0, 0.05) is 6.20 Å². The van der Waals surface area contributed by atoms with Crippen LogP contribution in [0.1, 0.15) is 19.5 Å². The second-order valence-corrected chi connectivity index (χ2v) is 5.68. The molecule has 5 nitrogen and oxygen atoms in total. The quantitative estimate of drug-likeness (QED) is 0.827. The number of benzene rings is 1. The van der Waals surface area contributed by atoms with E-state index in [4.69, 9.17) is 0 Å². The number of carbonyl (C=O) groups excluding carboxylic acids is 2. The van der Waals surface area contributed by atoms with Crippen LogP contribution in [0.15, 0.2) is 42.6 Å². The SMILES string of the molecule is CC(C)(C(=O)NCc1ccccn1)C(=O)Nc1c(F)cccc1F. The molecule has 0 unspecified atom stereocenters. The monoisotopic (exact) mass is 333 g/mol. The minimum atomic E-state index is -1.52. The summed E-state index contributed by atoms with van der Waals surface area (Å²) in [6.45, 7) is 2.88. The van der Waals surface area contributed by atoms with Crippen LogP contribution in [0.3, 0.4) is 0 Å². The molecule has 2 amide bonds. The van der Waals surface area contributed by atoms with Crippen molar-refractivity contribution in [3.63, 3.8) is 0 Å². The molecule has 1 heterocycles. The van der Waals surface area contributed by atoms with Gasteiger partial charge >= 0.3 is 0 Å². The zero-order valence-corrected chi connectivity index (χ0v) is 13.3. The lowest BCUT2D eigenvalue weighted by Crippen LogP contribution is -2.45. The smallest absolute Gasteiger partial charge is 0.239 e. The number of amides is 2. The van der Waals surface area contributed by atoms with Gasteiger partial charge in [-0.3, -0.25) is 14.6 Å². The molecule has 2 rings (SSSR count). The highest BCUT2D eigenvalue weighted by atomic mass is 19.1. The summed E-state index contributed by atoms with van der Waals surface area (Å²) in [5, 5.41) is 4.72. The predicted octanol–water partition coefficient (Wildman–Crippen LogP) is 2.64. The first-order valence-corrected chi connectivity index (χ1v) is 7.26. The summed E-state index contributed by atoms with van der Waals surface area (Å²) in [6.07, 6.45) is 1.58. The topological polar surface area (TPSA) is 71.1 Å². The lowest BCUT2D eigenvalue weighted by atomic mass is 9.91. The van der Waals surface area contributed by atoms with Crippen LogP contribution in [-0.2, 0) is 16.1 Å². The number of rotatable bonds is 5. The number of carbonyl (C=O) groups is 2. The van der Waals surface area contributed by atoms with Gasteiger partial charge in [0.15, 0.2) is 0 Å².